The van der Waals surface area contributed by atoms with E-state index in [1.54, 1.807) is 30.3 Å². The third-order valence-corrected chi connectivity index (χ3v) is 5.51. The van der Waals surface area contributed by atoms with Gasteiger partial charge in [-0.1, -0.05) is 62.4 Å². The predicted molar refractivity (Wildman–Crippen MR) is 132 cm³/mol. The topological polar surface area (TPSA) is 113 Å². The number of hydrogen-bond acceptors (Lipinski definition) is 5. The maximum absolute atomic E-state index is 13.1. The Bertz CT molecular complexity index is 1330. The van der Waals surface area contributed by atoms with E-state index < -0.39 is 17.9 Å². The lowest BCUT2D eigenvalue weighted by Crippen LogP contribution is -2.54. The number of benzene rings is 2. The molecule has 2 aromatic heterocycles. The number of carbonyl (C=O) groups is 3. The molecule has 8 nitrogen and oxygen atoms in total. The third-order valence-electron chi connectivity index (χ3n) is 5.51. The fourth-order valence-electron chi connectivity index (χ4n) is 3.72. The summed E-state index contributed by atoms with van der Waals surface area (Å²) in [5, 5.41) is 3.39. The minimum atomic E-state index is -0.820. The lowest BCUT2D eigenvalue weighted by molar-refractivity contribution is -0.130. The highest BCUT2D eigenvalue weighted by molar-refractivity contribution is 6.07. The van der Waals surface area contributed by atoms with Crippen LogP contribution in [0.3, 0.4) is 0 Å². The minimum Gasteiger partial charge on any atom is -0.463 e. The van der Waals surface area contributed by atoms with E-state index in [1.807, 2.05) is 56.3 Å². The second-order valence-electron chi connectivity index (χ2n) is 8.44. The van der Waals surface area contributed by atoms with Crippen LogP contribution in [0.15, 0.2) is 83.5 Å². The summed E-state index contributed by atoms with van der Waals surface area (Å²) in [5.41, 5.74) is 7.22. The summed E-state index contributed by atoms with van der Waals surface area (Å²) < 4.78 is 5.43. The molecule has 35 heavy (non-hydrogen) atoms. The molecule has 0 aliphatic carbocycles. The Morgan fingerprint density at radius 3 is 2.37 bits per heavy atom. The second-order valence-corrected chi connectivity index (χ2v) is 8.44. The van der Waals surface area contributed by atoms with Crippen LogP contribution in [0, 0.1) is 5.92 Å². The summed E-state index contributed by atoms with van der Waals surface area (Å²) in [6, 6.07) is 20.8. The molecule has 0 aliphatic heterocycles. The fraction of sp³-hybridized carbons (Fsp3) is 0.185. The molecule has 1 atom stereocenters. The molecule has 0 spiro atoms. The standard InChI is InChI=1S/C27H26N4O4/c1-17(2)25(29-24(32)15-18-9-4-3-5-10-18)27(34)31-30-26(33)20-16-22(23-13-8-14-35-23)28-21-12-7-6-11-19(20)21/h3-14,16-17,25H,15H2,1-2H3,(H,29,32)(H,30,33)(H,31,34)/t25-/m0/s1. The Morgan fingerprint density at radius 1 is 0.914 bits per heavy atom. The van der Waals surface area contributed by atoms with Crippen molar-refractivity contribution < 1.29 is 18.8 Å². The van der Waals surface area contributed by atoms with Crippen LogP contribution in [-0.2, 0) is 16.0 Å². The number of rotatable bonds is 7. The molecule has 0 saturated heterocycles. The summed E-state index contributed by atoms with van der Waals surface area (Å²) in [6.07, 6.45) is 1.69. The normalized spacial score (nSPS) is 11.7. The first-order valence-electron chi connectivity index (χ1n) is 11.3. The Hall–Kier alpha value is -4.46. The van der Waals surface area contributed by atoms with Gasteiger partial charge in [-0.25, -0.2) is 4.98 Å². The molecule has 3 amide bonds. The summed E-state index contributed by atoms with van der Waals surface area (Å²) in [4.78, 5) is 43.0. The van der Waals surface area contributed by atoms with E-state index in [9.17, 15) is 14.4 Å². The number of aromatic nitrogens is 1. The van der Waals surface area contributed by atoms with Crippen molar-refractivity contribution in [3.05, 3.63) is 90.2 Å². The number of para-hydroxylation sites is 1. The predicted octanol–water partition coefficient (Wildman–Crippen LogP) is 3.64. The quantitative estimate of drug-likeness (QED) is 0.357. The van der Waals surface area contributed by atoms with E-state index in [1.165, 1.54) is 6.26 Å². The van der Waals surface area contributed by atoms with Crippen molar-refractivity contribution in [2.45, 2.75) is 26.3 Å². The number of amides is 3. The number of pyridine rings is 1. The minimum absolute atomic E-state index is 0.155. The van der Waals surface area contributed by atoms with Gasteiger partial charge in [0.1, 0.15) is 11.7 Å². The number of hydrazine groups is 1. The Labute approximate surface area is 202 Å². The Balaban J connectivity index is 1.47. The van der Waals surface area contributed by atoms with Gasteiger partial charge in [0, 0.05) is 5.39 Å². The van der Waals surface area contributed by atoms with Crippen molar-refractivity contribution in [1.29, 1.82) is 0 Å². The van der Waals surface area contributed by atoms with E-state index in [2.05, 4.69) is 21.2 Å². The molecule has 4 rings (SSSR count). The number of nitrogens with one attached hydrogen (secondary N) is 3. The molecule has 0 radical (unpaired) electrons. The summed E-state index contributed by atoms with van der Waals surface area (Å²) in [5.74, 6) is -0.976. The molecule has 0 unspecified atom stereocenters. The van der Waals surface area contributed by atoms with Crippen LogP contribution in [0.1, 0.15) is 29.8 Å². The van der Waals surface area contributed by atoms with E-state index in [0.29, 0.717) is 27.9 Å². The fourth-order valence-corrected chi connectivity index (χ4v) is 3.72. The lowest BCUT2D eigenvalue weighted by atomic mass is 10.0. The van der Waals surface area contributed by atoms with E-state index in [-0.39, 0.29) is 18.2 Å². The number of nitrogens with zero attached hydrogens (tertiary/aromatic N) is 1. The van der Waals surface area contributed by atoms with Gasteiger partial charge in [0.25, 0.3) is 11.8 Å². The van der Waals surface area contributed by atoms with Crippen molar-refractivity contribution in [2.75, 3.05) is 0 Å². The van der Waals surface area contributed by atoms with Gasteiger partial charge in [0.05, 0.1) is 23.8 Å². The monoisotopic (exact) mass is 470 g/mol. The van der Waals surface area contributed by atoms with Crippen LogP contribution in [0.4, 0.5) is 0 Å². The van der Waals surface area contributed by atoms with Gasteiger partial charge in [-0.15, -0.1) is 0 Å². The van der Waals surface area contributed by atoms with Crippen LogP contribution in [-0.4, -0.2) is 28.7 Å². The number of carbonyl (C=O) groups excluding carboxylic acids is 3. The molecular formula is C27H26N4O4. The molecule has 8 heteroatoms. The average molecular weight is 471 g/mol. The van der Waals surface area contributed by atoms with Crippen molar-refractivity contribution in [2.24, 2.45) is 5.92 Å². The van der Waals surface area contributed by atoms with Crippen LogP contribution in [0.2, 0.25) is 0 Å². The van der Waals surface area contributed by atoms with Gasteiger partial charge in [0.2, 0.25) is 5.91 Å². The highest BCUT2D eigenvalue weighted by atomic mass is 16.3. The summed E-state index contributed by atoms with van der Waals surface area (Å²) >= 11 is 0. The molecule has 2 heterocycles. The van der Waals surface area contributed by atoms with Gasteiger partial charge >= 0.3 is 0 Å². The van der Waals surface area contributed by atoms with Crippen molar-refractivity contribution in [3.63, 3.8) is 0 Å². The molecule has 0 fully saturated rings. The van der Waals surface area contributed by atoms with E-state index >= 15 is 0 Å². The van der Waals surface area contributed by atoms with Crippen LogP contribution < -0.4 is 16.2 Å². The third kappa shape index (κ3) is 5.73. The lowest BCUT2D eigenvalue weighted by Gasteiger charge is -2.22. The van der Waals surface area contributed by atoms with Crippen molar-refractivity contribution in [1.82, 2.24) is 21.2 Å². The van der Waals surface area contributed by atoms with E-state index in [0.717, 1.165) is 5.56 Å². The molecule has 3 N–H and O–H groups in total. The van der Waals surface area contributed by atoms with Gasteiger partial charge in [-0.2, -0.15) is 0 Å². The van der Waals surface area contributed by atoms with Crippen LogP contribution >= 0.6 is 0 Å². The first kappa shape index (κ1) is 23.7. The largest absolute Gasteiger partial charge is 0.463 e. The Morgan fingerprint density at radius 2 is 1.66 bits per heavy atom. The highest BCUT2D eigenvalue weighted by Gasteiger charge is 2.25. The van der Waals surface area contributed by atoms with Crippen molar-refractivity contribution in [3.8, 4) is 11.5 Å². The average Bonchev–Trinajstić information content (AvgIpc) is 3.40. The van der Waals surface area contributed by atoms with Gasteiger partial charge in [0.15, 0.2) is 5.76 Å². The zero-order chi connectivity index (χ0) is 24.8. The smallest absolute Gasteiger partial charge is 0.270 e. The van der Waals surface area contributed by atoms with Gasteiger partial charge < -0.3 is 9.73 Å². The molecule has 0 aliphatic rings. The molecule has 0 saturated carbocycles. The van der Waals surface area contributed by atoms with E-state index in [4.69, 9.17) is 4.42 Å². The zero-order valence-corrected chi connectivity index (χ0v) is 19.4. The summed E-state index contributed by atoms with van der Waals surface area (Å²) in [6.45, 7) is 3.64. The molecule has 0 bridgehead atoms. The molecule has 178 valence electrons. The maximum atomic E-state index is 13.1. The van der Waals surface area contributed by atoms with Gasteiger partial charge in [-0.05, 0) is 35.7 Å². The van der Waals surface area contributed by atoms with Crippen molar-refractivity contribution >= 4 is 28.6 Å². The first-order valence-corrected chi connectivity index (χ1v) is 11.3. The number of hydrogen-bond donors (Lipinski definition) is 3. The molecular weight excluding hydrogens is 444 g/mol. The molecule has 2 aromatic carbocycles. The SMILES string of the molecule is CC(C)[C@H](NC(=O)Cc1ccccc1)C(=O)NNC(=O)c1cc(-c2ccco2)nc2ccccc12. The Kier molecular flexibility index (Phi) is 7.21. The van der Waals surface area contributed by atoms with Crippen LogP contribution in [0.25, 0.3) is 22.4 Å². The number of furan rings is 1. The highest BCUT2D eigenvalue weighted by Crippen LogP contribution is 2.25. The zero-order valence-electron chi connectivity index (χ0n) is 19.4. The maximum Gasteiger partial charge on any atom is 0.270 e. The number of fused-ring (bicyclic) bond motifs is 1. The molecule has 4 aromatic rings. The van der Waals surface area contributed by atoms with Gasteiger partial charge in [-0.3, -0.25) is 25.2 Å². The van der Waals surface area contributed by atoms with Crippen LogP contribution in [0.5, 0.6) is 0 Å². The first-order chi connectivity index (χ1) is 16.9. The second kappa shape index (κ2) is 10.6. The summed E-state index contributed by atoms with van der Waals surface area (Å²) in [7, 11) is 0.